The Morgan fingerprint density at radius 1 is 1.09 bits per heavy atom. The quantitative estimate of drug-likeness (QED) is 0.333. The molecule has 1 unspecified atom stereocenters. The SMILES string of the molecule is CS(=O)(=O)N1CCCC(OCCCN(Cc2ccc(F)cc2)Cc2cccc(C(F)(F)F)c2F)C1. The zero-order valence-corrected chi connectivity index (χ0v) is 20.2. The van der Waals surface area contributed by atoms with Crippen molar-refractivity contribution in [3.63, 3.8) is 0 Å². The maximum atomic E-state index is 14.6. The van der Waals surface area contributed by atoms with Gasteiger partial charge in [0.1, 0.15) is 11.6 Å². The van der Waals surface area contributed by atoms with Crippen LogP contribution in [-0.4, -0.2) is 56.2 Å². The summed E-state index contributed by atoms with van der Waals surface area (Å²) in [5, 5.41) is 0. The van der Waals surface area contributed by atoms with Crippen LogP contribution in [0.4, 0.5) is 22.0 Å². The van der Waals surface area contributed by atoms with Crippen LogP contribution in [-0.2, 0) is 34.0 Å². The highest BCUT2D eigenvalue weighted by Crippen LogP contribution is 2.32. The van der Waals surface area contributed by atoms with E-state index >= 15 is 0 Å². The summed E-state index contributed by atoms with van der Waals surface area (Å²) in [6.45, 7) is 1.66. The minimum Gasteiger partial charge on any atom is -0.377 e. The lowest BCUT2D eigenvalue weighted by molar-refractivity contribution is -0.140. The fraction of sp³-hybridized carbons (Fsp3) is 0.500. The van der Waals surface area contributed by atoms with Crippen LogP contribution in [0.25, 0.3) is 0 Å². The first-order valence-electron chi connectivity index (χ1n) is 11.3. The molecule has 0 bridgehead atoms. The number of piperidine rings is 1. The molecule has 2 aromatic carbocycles. The third kappa shape index (κ3) is 8.23. The second-order valence-corrected chi connectivity index (χ2v) is 10.7. The molecule has 2 aromatic rings. The van der Waals surface area contributed by atoms with Gasteiger partial charge in [0.05, 0.1) is 17.9 Å². The number of benzene rings is 2. The van der Waals surface area contributed by atoms with Gasteiger partial charge in [0.2, 0.25) is 10.0 Å². The van der Waals surface area contributed by atoms with Crippen molar-refractivity contribution in [1.82, 2.24) is 9.21 Å². The number of ether oxygens (including phenoxy) is 1. The Bertz CT molecular complexity index is 1080. The first kappa shape index (κ1) is 27.5. The molecule has 1 aliphatic heterocycles. The standard InChI is InChI=1S/C24H29F5N2O3S/c1-35(32,33)31-13-3-6-21(17-31)34-14-4-12-30(15-18-8-10-20(25)11-9-18)16-19-5-2-7-22(23(19)26)24(27,28)29/h2,5,7-11,21H,3-4,6,12-17H2,1H3. The van der Waals surface area contributed by atoms with E-state index in [1.807, 2.05) is 0 Å². The van der Waals surface area contributed by atoms with Crippen LogP contribution >= 0.6 is 0 Å². The Balaban J connectivity index is 1.64. The highest BCUT2D eigenvalue weighted by atomic mass is 32.2. The highest BCUT2D eigenvalue weighted by molar-refractivity contribution is 7.88. The van der Waals surface area contributed by atoms with Gasteiger partial charge in [-0.25, -0.2) is 17.2 Å². The molecule has 11 heteroatoms. The molecule has 3 rings (SSSR count). The van der Waals surface area contributed by atoms with E-state index in [1.165, 1.54) is 28.6 Å². The molecule has 0 radical (unpaired) electrons. The van der Waals surface area contributed by atoms with E-state index in [4.69, 9.17) is 4.74 Å². The lowest BCUT2D eigenvalue weighted by Crippen LogP contribution is -2.42. The Hall–Kier alpha value is -2.08. The number of alkyl halides is 3. The van der Waals surface area contributed by atoms with E-state index in [0.717, 1.165) is 18.2 Å². The van der Waals surface area contributed by atoms with Crippen LogP contribution in [0.5, 0.6) is 0 Å². The monoisotopic (exact) mass is 520 g/mol. The van der Waals surface area contributed by atoms with Crippen LogP contribution in [0.2, 0.25) is 0 Å². The Morgan fingerprint density at radius 3 is 2.46 bits per heavy atom. The number of hydrogen-bond donors (Lipinski definition) is 0. The number of sulfonamides is 1. The smallest absolute Gasteiger partial charge is 0.377 e. The molecule has 1 saturated heterocycles. The summed E-state index contributed by atoms with van der Waals surface area (Å²) in [4.78, 5) is 1.78. The number of nitrogens with zero attached hydrogens (tertiary/aromatic N) is 2. The molecule has 1 aliphatic rings. The van der Waals surface area contributed by atoms with Gasteiger partial charge >= 0.3 is 6.18 Å². The molecule has 194 valence electrons. The third-order valence-corrected chi connectivity index (χ3v) is 7.15. The first-order chi connectivity index (χ1) is 16.4. The predicted molar refractivity (Wildman–Crippen MR) is 122 cm³/mol. The van der Waals surface area contributed by atoms with Crippen LogP contribution in [0.3, 0.4) is 0 Å². The summed E-state index contributed by atoms with van der Waals surface area (Å²) >= 11 is 0. The average Bonchev–Trinajstić information content (AvgIpc) is 2.78. The van der Waals surface area contributed by atoms with Crippen molar-refractivity contribution in [2.75, 3.05) is 32.5 Å². The maximum Gasteiger partial charge on any atom is 0.419 e. The van der Waals surface area contributed by atoms with E-state index in [-0.39, 0.29) is 31.3 Å². The topological polar surface area (TPSA) is 49.9 Å². The zero-order valence-electron chi connectivity index (χ0n) is 19.4. The van der Waals surface area contributed by atoms with E-state index in [2.05, 4.69) is 0 Å². The van der Waals surface area contributed by atoms with Crippen LogP contribution in [0.1, 0.15) is 36.0 Å². The third-order valence-electron chi connectivity index (χ3n) is 5.88. The lowest BCUT2D eigenvalue weighted by Gasteiger charge is -2.31. The number of hydrogen-bond acceptors (Lipinski definition) is 4. The van der Waals surface area contributed by atoms with E-state index in [1.54, 1.807) is 17.0 Å². The maximum absolute atomic E-state index is 14.6. The van der Waals surface area contributed by atoms with Gasteiger partial charge in [-0.3, -0.25) is 4.90 Å². The van der Waals surface area contributed by atoms with Gasteiger partial charge in [0, 0.05) is 44.9 Å². The van der Waals surface area contributed by atoms with Crippen LogP contribution < -0.4 is 0 Å². The van der Waals surface area contributed by atoms with Crippen molar-refractivity contribution in [3.05, 3.63) is 70.8 Å². The molecular formula is C24H29F5N2O3S. The number of rotatable bonds is 10. The molecule has 1 atom stereocenters. The summed E-state index contributed by atoms with van der Waals surface area (Å²) in [6.07, 6.45) is -1.93. The Labute approximate surface area is 202 Å². The van der Waals surface area contributed by atoms with Crippen molar-refractivity contribution in [2.45, 2.75) is 44.6 Å². The zero-order chi connectivity index (χ0) is 25.6. The van der Waals surface area contributed by atoms with Crippen molar-refractivity contribution < 1.29 is 35.1 Å². The van der Waals surface area contributed by atoms with Gasteiger partial charge in [-0.05, 0) is 43.0 Å². The molecule has 0 amide bonds. The lowest BCUT2D eigenvalue weighted by atomic mass is 10.1. The summed E-state index contributed by atoms with van der Waals surface area (Å²) in [5.74, 6) is -1.71. The molecule has 5 nitrogen and oxygen atoms in total. The Morgan fingerprint density at radius 2 is 1.80 bits per heavy atom. The molecule has 35 heavy (non-hydrogen) atoms. The summed E-state index contributed by atoms with van der Waals surface area (Å²) < 4.78 is 98.1. The minimum atomic E-state index is -4.80. The minimum absolute atomic E-state index is 0.0710. The molecule has 0 spiro atoms. The first-order valence-corrected chi connectivity index (χ1v) is 13.2. The summed E-state index contributed by atoms with van der Waals surface area (Å²) in [7, 11) is -3.29. The van der Waals surface area contributed by atoms with Crippen LogP contribution in [0.15, 0.2) is 42.5 Å². The molecule has 0 saturated carbocycles. The van der Waals surface area contributed by atoms with Gasteiger partial charge in [-0.15, -0.1) is 0 Å². The second kappa shape index (κ2) is 11.8. The predicted octanol–water partition coefficient (Wildman–Crippen LogP) is 4.82. The van der Waals surface area contributed by atoms with E-state index < -0.39 is 33.4 Å². The van der Waals surface area contributed by atoms with E-state index in [0.29, 0.717) is 38.6 Å². The second-order valence-electron chi connectivity index (χ2n) is 8.72. The molecule has 0 aromatic heterocycles. The van der Waals surface area contributed by atoms with Gasteiger partial charge in [0.15, 0.2) is 0 Å². The average molecular weight is 521 g/mol. The van der Waals surface area contributed by atoms with Gasteiger partial charge in [-0.2, -0.15) is 17.5 Å². The van der Waals surface area contributed by atoms with Crippen molar-refractivity contribution >= 4 is 10.0 Å². The van der Waals surface area contributed by atoms with Crippen molar-refractivity contribution in [2.24, 2.45) is 0 Å². The fourth-order valence-corrected chi connectivity index (χ4v) is 5.00. The fourth-order valence-electron chi connectivity index (χ4n) is 4.10. The van der Waals surface area contributed by atoms with Gasteiger partial charge in [-0.1, -0.05) is 24.3 Å². The summed E-state index contributed by atoms with van der Waals surface area (Å²) in [6, 6.07) is 8.93. The molecule has 1 heterocycles. The Kier molecular flexibility index (Phi) is 9.25. The molecular weight excluding hydrogens is 491 g/mol. The summed E-state index contributed by atoms with van der Waals surface area (Å²) in [5.41, 5.74) is -0.664. The highest BCUT2D eigenvalue weighted by Gasteiger charge is 2.35. The largest absolute Gasteiger partial charge is 0.419 e. The number of halogens is 5. The van der Waals surface area contributed by atoms with E-state index in [9.17, 15) is 30.4 Å². The van der Waals surface area contributed by atoms with Gasteiger partial charge < -0.3 is 4.74 Å². The molecule has 1 fully saturated rings. The van der Waals surface area contributed by atoms with Crippen LogP contribution in [0, 0.1) is 11.6 Å². The normalized spacial score (nSPS) is 17.7. The van der Waals surface area contributed by atoms with Crippen molar-refractivity contribution in [3.8, 4) is 0 Å². The molecule has 0 aliphatic carbocycles. The molecule has 0 N–H and O–H groups in total. The van der Waals surface area contributed by atoms with Crippen molar-refractivity contribution in [1.29, 1.82) is 0 Å². The van der Waals surface area contributed by atoms with Gasteiger partial charge in [0.25, 0.3) is 0 Å².